The van der Waals surface area contributed by atoms with Gasteiger partial charge < -0.3 is 4.90 Å². The molecule has 1 aromatic rings. The average molecular weight is 341 g/mol. The number of rotatable bonds is 3. The summed E-state index contributed by atoms with van der Waals surface area (Å²) in [5, 5.41) is 0. The van der Waals surface area contributed by atoms with E-state index in [1.54, 1.807) is 6.92 Å². The van der Waals surface area contributed by atoms with Crippen LogP contribution in [-0.4, -0.2) is 20.5 Å². The van der Waals surface area contributed by atoms with Gasteiger partial charge in [0.1, 0.15) is 8.07 Å². The molecule has 1 amide bonds. The standard InChI is InChI=1S/C21H30NOSi/c1-15(2)24(16(3)4,17(5)6)14-12-19-9-8-10-21-20(19)11-13-22(21)18(7)23/h9-10,15-17H,11,13H2,1-7H3. The molecule has 0 N–H and O–H groups in total. The van der Waals surface area contributed by atoms with E-state index in [2.05, 4.69) is 59.1 Å². The lowest BCUT2D eigenvalue weighted by atomic mass is 10.1. The molecule has 0 spiro atoms. The molecule has 1 aromatic carbocycles. The van der Waals surface area contributed by atoms with Crippen LogP contribution in [-0.2, 0) is 11.2 Å². The lowest BCUT2D eigenvalue weighted by Crippen LogP contribution is -2.43. The van der Waals surface area contributed by atoms with E-state index in [-0.39, 0.29) is 5.91 Å². The molecule has 1 aliphatic rings. The Morgan fingerprint density at radius 3 is 2.21 bits per heavy atom. The van der Waals surface area contributed by atoms with Crippen LogP contribution in [0.2, 0.25) is 16.6 Å². The van der Waals surface area contributed by atoms with Gasteiger partial charge in [0.05, 0.1) is 0 Å². The van der Waals surface area contributed by atoms with Crippen molar-refractivity contribution >= 4 is 19.7 Å². The number of hydrogen-bond acceptors (Lipinski definition) is 1. The fourth-order valence-corrected chi connectivity index (χ4v) is 9.63. The van der Waals surface area contributed by atoms with Gasteiger partial charge in [0.2, 0.25) is 5.91 Å². The summed E-state index contributed by atoms with van der Waals surface area (Å²) >= 11 is 0. The Labute approximate surface area is 148 Å². The first-order valence-corrected chi connectivity index (χ1v) is 11.3. The molecular weight excluding hydrogens is 310 g/mol. The normalized spacial score (nSPS) is 14.2. The molecule has 0 saturated carbocycles. The third-order valence-corrected chi connectivity index (χ3v) is 11.9. The van der Waals surface area contributed by atoms with Gasteiger partial charge in [-0.1, -0.05) is 47.5 Å². The summed E-state index contributed by atoms with van der Waals surface area (Å²) in [6, 6.07) is 7.11. The highest BCUT2D eigenvalue weighted by molar-refractivity contribution is 6.90. The Morgan fingerprint density at radius 1 is 1.12 bits per heavy atom. The van der Waals surface area contributed by atoms with Crippen LogP contribution < -0.4 is 4.90 Å². The van der Waals surface area contributed by atoms with Gasteiger partial charge in [-0.2, -0.15) is 0 Å². The summed E-state index contributed by atoms with van der Waals surface area (Å²) in [5.74, 6) is 3.63. The number of anilines is 1. The predicted octanol–water partition coefficient (Wildman–Crippen LogP) is 4.97. The SMILES string of the molecule is CC(=O)N1CCc2c(C#C[Si](C(C)C)(C(C)C)C(C)C)c[c]cc21. The van der Waals surface area contributed by atoms with Crippen LogP contribution in [0.5, 0.6) is 0 Å². The topological polar surface area (TPSA) is 20.3 Å². The van der Waals surface area contributed by atoms with E-state index >= 15 is 0 Å². The van der Waals surface area contributed by atoms with E-state index in [1.807, 2.05) is 17.0 Å². The molecule has 3 heteroatoms. The maximum Gasteiger partial charge on any atom is 0.223 e. The predicted molar refractivity (Wildman–Crippen MR) is 105 cm³/mol. The second-order valence-corrected chi connectivity index (χ2v) is 13.4. The Hall–Kier alpha value is -1.53. The van der Waals surface area contributed by atoms with Crippen molar-refractivity contribution in [3.05, 3.63) is 29.3 Å². The third-order valence-electron chi connectivity index (χ3n) is 5.62. The van der Waals surface area contributed by atoms with E-state index in [0.29, 0.717) is 16.6 Å². The molecule has 2 rings (SSSR count). The van der Waals surface area contributed by atoms with Gasteiger partial charge in [0.25, 0.3) is 0 Å². The zero-order valence-electron chi connectivity index (χ0n) is 16.2. The molecule has 0 aromatic heterocycles. The van der Waals surface area contributed by atoms with Gasteiger partial charge in [-0.15, -0.1) is 5.54 Å². The van der Waals surface area contributed by atoms with Crippen molar-refractivity contribution in [3.63, 3.8) is 0 Å². The van der Waals surface area contributed by atoms with Crippen molar-refractivity contribution in [2.75, 3.05) is 11.4 Å². The van der Waals surface area contributed by atoms with Crippen molar-refractivity contribution in [3.8, 4) is 11.5 Å². The minimum Gasteiger partial charge on any atom is -0.312 e. The molecule has 1 heterocycles. The number of carbonyl (C=O) groups is 1. The first-order chi connectivity index (χ1) is 11.2. The Bertz CT molecular complexity index is 657. The highest BCUT2D eigenvalue weighted by Crippen LogP contribution is 2.41. The number of hydrogen-bond donors (Lipinski definition) is 0. The van der Waals surface area contributed by atoms with Crippen LogP contribution in [0.4, 0.5) is 5.69 Å². The summed E-state index contributed by atoms with van der Waals surface area (Å²) in [4.78, 5) is 13.6. The lowest BCUT2D eigenvalue weighted by molar-refractivity contribution is -0.116. The molecule has 129 valence electrons. The van der Waals surface area contributed by atoms with Crippen LogP contribution in [0, 0.1) is 17.5 Å². The Kier molecular flexibility index (Phi) is 5.60. The summed E-state index contributed by atoms with van der Waals surface area (Å²) in [6.45, 7) is 16.4. The molecular formula is C21H30NOSi. The van der Waals surface area contributed by atoms with E-state index in [0.717, 1.165) is 24.2 Å². The monoisotopic (exact) mass is 340 g/mol. The van der Waals surface area contributed by atoms with Gasteiger partial charge in [-0.3, -0.25) is 4.79 Å². The fraction of sp³-hybridized carbons (Fsp3) is 0.571. The molecule has 24 heavy (non-hydrogen) atoms. The maximum absolute atomic E-state index is 11.8. The molecule has 1 aliphatic heterocycles. The van der Waals surface area contributed by atoms with Gasteiger partial charge in [0.15, 0.2) is 0 Å². The van der Waals surface area contributed by atoms with Crippen LogP contribution in [0.1, 0.15) is 59.6 Å². The maximum atomic E-state index is 11.8. The molecule has 2 nitrogen and oxygen atoms in total. The number of amides is 1. The Balaban J connectivity index is 2.50. The van der Waals surface area contributed by atoms with Gasteiger partial charge in [-0.05, 0) is 46.8 Å². The molecule has 0 unspecified atom stereocenters. The molecule has 1 radical (unpaired) electrons. The summed E-state index contributed by atoms with van der Waals surface area (Å²) in [5.41, 5.74) is 8.94. The molecule has 0 fully saturated rings. The number of carbonyl (C=O) groups excluding carboxylic acids is 1. The van der Waals surface area contributed by atoms with Gasteiger partial charge >= 0.3 is 0 Å². The lowest BCUT2D eigenvalue weighted by Gasteiger charge is -2.38. The summed E-state index contributed by atoms with van der Waals surface area (Å²) < 4.78 is 0. The second-order valence-electron chi connectivity index (χ2n) is 7.80. The van der Waals surface area contributed by atoms with E-state index in [4.69, 9.17) is 0 Å². The zero-order chi connectivity index (χ0) is 18.1. The van der Waals surface area contributed by atoms with Crippen molar-refractivity contribution < 1.29 is 4.79 Å². The van der Waals surface area contributed by atoms with Crippen molar-refractivity contribution in [2.45, 2.75) is 71.5 Å². The van der Waals surface area contributed by atoms with Gasteiger partial charge in [0, 0.05) is 24.7 Å². The average Bonchev–Trinajstić information content (AvgIpc) is 2.91. The largest absolute Gasteiger partial charge is 0.312 e. The Morgan fingerprint density at radius 2 is 1.71 bits per heavy atom. The van der Waals surface area contributed by atoms with Crippen LogP contribution in [0.25, 0.3) is 0 Å². The van der Waals surface area contributed by atoms with Crippen LogP contribution >= 0.6 is 0 Å². The van der Waals surface area contributed by atoms with Crippen molar-refractivity contribution in [1.82, 2.24) is 0 Å². The van der Waals surface area contributed by atoms with Crippen LogP contribution in [0.3, 0.4) is 0 Å². The number of fused-ring (bicyclic) bond motifs is 1. The van der Waals surface area contributed by atoms with E-state index in [9.17, 15) is 4.79 Å². The highest BCUT2D eigenvalue weighted by Gasteiger charge is 2.41. The molecule has 0 atom stereocenters. The van der Waals surface area contributed by atoms with E-state index < -0.39 is 8.07 Å². The summed E-state index contributed by atoms with van der Waals surface area (Å²) in [7, 11) is -1.74. The molecule has 0 saturated heterocycles. The summed E-state index contributed by atoms with van der Waals surface area (Å²) in [6.07, 6.45) is 0.896. The van der Waals surface area contributed by atoms with Crippen molar-refractivity contribution in [2.24, 2.45) is 0 Å². The van der Waals surface area contributed by atoms with Crippen LogP contribution in [0.15, 0.2) is 12.1 Å². The number of nitrogens with zero attached hydrogens (tertiary/aromatic N) is 1. The van der Waals surface area contributed by atoms with Crippen molar-refractivity contribution in [1.29, 1.82) is 0 Å². The quantitative estimate of drug-likeness (QED) is 0.562. The number of benzene rings is 1. The molecule has 0 aliphatic carbocycles. The minimum absolute atomic E-state index is 0.0996. The highest BCUT2D eigenvalue weighted by atomic mass is 28.3. The van der Waals surface area contributed by atoms with Gasteiger partial charge in [-0.25, -0.2) is 0 Å². The first-order valence-electron chi connectivity index (χ1n) is 9.06. The second kappa shape index (κ2) is 7.15. The first kappa shape index (κ1) is 18.8. The molecule has 0 bridgehead atoms. The zero-order valence-corrected chi connectivity index (χ0v) is 17.2. The minimum atomic E-state index is -1.74. The fourth-order valence-electron chi connectivity index (χ4n) is 4.41. The van der Waals surface area contributed by atoms with E-state index in [1.165, 1.54) is 5.56 Å². The third kappa shape index (κ3) is 3.17. The smallest absolute Gasteiger partial charge is 0.223 e.